The van der Waals surface area contributed by atoms with Crippen LogP contribution in [-0.2, 0) is 4.79 Å². The fourth-order valence-electron chi connectivity index (χ4n) is 1.97. The molecule has 1 rings (SSSR count). The molecule has 0 unspecified atom stereocenters. The molecule has 0 spiro atoms. The highest BCUT2D eigenvalue weighted by molar-refractivity contribution is 6.33. The highest BCUT2D eigenvalue weighted by atomic mass is 35.5. The monoisotopic (exact) mass is 313 g/mol. The van der Waals surface area contributed by atoms with Crippen molar-refractivity contribution in [3.05, 3.63) is 32.8 Å². The largest absolute Gasteiger partial charge is 0.371 e. The lowest BCUT2D eigenvalue weighted by atomic mass is 10.1. The second-order valence-electron chi connectivity index (χ2n) is 5.22. The average Bonchev–Trinajstić information content (AvgIpc) is 2.37. The third-order valence-corrected chi connectivity index (χ3v) is 3.39. The quantitative estimate of drug-likeness (QED) is 0.647. The molecule has 0 radical (unpaired) electrons. The second-order valence-corrected chi connectivity index (χ2v) is 5.62. The lowest BCUT2D eigenvalue weighted by Crippen LogP contribution is -2.35. The molecule has 0 aliphatic carbocycles. The number of nitro groups is 1. The number of carbonyl (C=O) groups excluding carboxylic acids is 1. The Morgan fingerprint density at radius 1 is 1.48 bits per heavy atom. The van der Waals surface area contributed by atoms with Crippen LogP contribution in [-0.4, -0.2) is 31.0 Å². The molecule has 116 valence electrons. The van der Waals surface area contributed by atoms with E-state index < -0.39 is 4.92 Å². The van der Waals surface area contributed by atoms with Crippen LogP contribution < -0.4 is 10.2 Å². The van der Waals surface area contributed by atoms with Crippen molar-refractivity contribution in [3.8, 4) is 0 Å². The van der Waals surface area contributed by atoms with Crippen LogP contribution in [0.2, 0.25) is 5.02 Å². The first-order valence-corrected chi connectivity index (χ1v) is 7.05. The van der Waals surface area contributed by atoms with Crippen LogP contribution in [0.4, 0.5) is 11.4 Å². The molecule has 7 heteroatoms. The van der Waals surface area contributed by atoms with Crippen molar-refractivity contribution < 1.29 is 9.72 Å². The van der Waals surface area contributed by atoms with E-state index in [1.54, 1.807) is 6.92 Å². The van der Waals surface area contributed by atoms with E-state index in [-0.39, 0.29) is 17.5 Å². The van der Waals surface area contributed by atoms with Crippen molar-refractivity contribution >= 4 is 28.9 Å². The fourth-order valence-corrected chi connectivity index (χ4v) is 2.38. The fraction of sp³-hybridized carbons (Fsp3) is 0.500. The van der Waals surface area contributed by atoms with Gasteiger partial charge < -0.3 is 10.2 Å². The van der Waals surface area contributed by atoms with E-state index >= 15 is 0 Å². The van der Waals surface area contributed by atoms with Gasteiger partial charge in [0.05, 0.1) is 15.6 Å². The summed E-state index contributed by atoms with van der Waals surface area (Å²) < 4.78 is 0. The Bertz CT molecular complexity index is 523. The van der Waals surface area contributed by atoms with Gasteiger partial charge >= 0.3 is 0 Å². The topological polar surface area (TPSA) is 75.5 Å². The summed E-state index contributed by atoms with van der Waals surface area (Å²) in [5, 5.41) is 13.9. The van der Waals surface area contributed by atoms with Crippen LogP contribution in [0.15, 0.2) is 12.1 Å². The standard InChI is InChI=1S/C14H20ClN3O3/c1-9(2)14(19)16-5-6-17(4)13-10(3)7-11(18(20)21)8-12(13)15/h7-9H,5-6H2,1-4H3,(H,16,19). The highest BCUT2D eigenvalue weighted by Gasteiger charge is 2.16. The molecule has 0 saturated heterocycles. The number of hydrogen-bond acceptors (Lipinski definition) is 4. The van der Waals surface area contributed by atoms with Crippen LogP contribution in [0.25, 0.3) is 0 Å². The molecule has 6 nitrogen and oxygen atoms in total. The minimum absolute atomic E-state index is 0.00471. The number of anilines is 1. The molecule has 1 aromatic rings. The van der Waals surface area contributed by atoms with Crippen molar-refractivity contribution in [2.75, 3.05) is 25.0 Å². The predicted molar refractivity (Wildman–Crippen MR) is 84.0 cm³/mol. The average molecular weight is 314 g/mol. The second kappa shape index (κ2) is 7.26. The number of likely N-dealkylation sites (N-methyl/N-ethyl adjacent to an activating group) is 1. The molecular weight excluding hydrogens is 294 g/mol. The molecule has 0 bridgehead atoms. The first-order valence-electron chi connectivity index (χ1n) is 6.67. The number of carbonyl (C=O) groups is 1. The third kappa shape index (κ3) is 4.60. The zero-order chi connectivity index (χ0) is 16.2. The minimum atomic E-state index is -0.467. The number of non-ortho nitro benzene ring substituents is 1. The normalized spacial score (nSPS) is 10.6. The molecule has 1 aromatic carbocycles. The van der Waals surface area contributed by atoms with Gasteiger partial charge in [-0.25, -0.2) is 0 Å². The Hall–Kier alpha value is -1.82. The van der Waals surface area contributed by atoms with Gasteiger partial charge in [-0.1, -0.05) is 25.4 Å². The summed E-state index contributed by atoms with van der Waals surface area (Å²) in [6.07, 6.45) is 0. The van der Waals surface area contributed by atoms with Crippen LogP contribution in [0.1, 0.15) is 19.4 Å². The SMILES string of the molecule is Cc1cc([N+](=O)[O-])cc(Cl)c1N(C)CCNC(=O)C(C)C. The van der Waals surface area contributed by atoms with Gasteiger partial charge in [-0.05, 0) is 12.5 Å². The van der Waals surface area contributed by atoms with E-state index in [2.05, 4.69) is 5.32 Å². The maximum absolute atomic E-state index is 11.5. The van der Waals surface area contributed by atoms with E-state index in [4.69, 9.17) is 11.6 Å². The molecule has 0 fully saturated rings. The number of halogens is 1. The van der Waals surface area contributed by atoms with Crippen molar-refractivity contribution in [2.24, 2.45) is 5.92 Å². The van der Waals surface area contributed by atoms with Crippen molar-refractivity contribution in [1.82, 2.24) is 5.32 Å². The summed E-state index contributed by atoms with van der Waals surface area (Å²) in [7, 11) is 1.83. The van der Waals surface area contributed by atoms with E-state index in [0.29, 0.717) is 18.1 Å². The maximum Gasteiger partial charge on any atom is 0.271 e. The Morgan fingerprint density at radius 3 is 2.57 bits per heavy atom. The predicted octanol–water partition coefficient (Wildman–Crippen LogP) is 2.77. The zero-order valence-corrected chi connectivity index (χ0v) is 13.4. The summed E-state index contributed by atoms with van der Waals surface area (Å²) in [5.74, 6) is -0.0603. The summed E-state index contributed by atoms with van der Waals surface area (Å²) in [6, 6.07) is 2.83. The number of nitro benzene ring substituents is 1. The van der Waals surface area contributed by atoms with Gasteiger partial charge in [0.15, 0.2) is 0 Å². The first-order chi connectivity index (χ1) is 9.73. The van der Waals surface area contributed by atoms with Crippen molar-refractivity contribution in [3.63, 3.8) is 0 Å². The molecule has 21 heavy (non-hydrogen) atoms. The summed E-state index contributed by atoms with van der Waals surface area (Å²) in [5.41, 5.74) is 1.44. The molecule has 0 atom stereocenters. The molecule has 0 aliphatic rings. The lowest BCUT2D eigenvalue weighted by molar-refractivity contribution is -0.384. The molecule has 0 aromatic heterocycles. The molecule has 0 heterocycles. The third-order valence-electron chi connectivity index (χ3n) is 3.10. The molecule has 0 aliphatic heterocycles. The number of hydrogen-bond donors (Lipinski definition) is 1. The van der Waals surface area contributed by atoms with Gasteiger partial charge in [-0.2, -0.15) is 0 Å². The summed E-state index contributed by atoms with van der Waals surface area (Å²) in [6.45, 7) is 6.49. The van der Waals surface area contributed by atoms with E-state index in [0.717, 1.165) is 11.3 Å². The molecular formula is C14H20ClN3O3. The van der Waals surface area contributed by atoms with Gasteiger partial charge in [0.1, 0.15) is 0 Å². The van der Waals surface area contributed by atoms with E-state index in [9.17, 15) is 14.9 Å². The van der Waals surface area contributed by atoms with Crippen LogP contribution in [0.3, 0.4) is 0 Å². The Labute approximate surface area is 129 Å². The van der Waals surface area contributed by atoms with Crippen molar-refractivity contribution in [1.29, 1.82) is 0 Å². The minimum Gasteiger partial charge on any atom is -0.371 e. The highest BCUT2D eigenvalue weighted by Crippen LogP contribution is 2.32. The van der Waals surface area contributed by atoms with E-state index in [1.165, 1.54) is 12.1 Å². The summed E-state index contributed by atoms with van der Waals surface area (Å²) >= 11 is 6.13. The summed E-state index contributed by atoms with van der Waals surface area (Å²) in [4.78, 5) is 23.7. The van der Waals surface area contributed by atoms with Gasteiger partial charge in [0.2, 0.25) is 5.91 Å². The molecule has 0 saturated carbocycles. The van der Waals surface area contributed by atoms with Crippen molar-refractivity contribution in [2.45, 2.75) is 20.8 Å². The Morgan fingerprint density at radius 2 is 2.10 bits per heavy atom. The molecule has 1 N–H and O–H groups in total. The Balaban J connectivity index is 2.77. The number of nitrogens with one attached hydrogen (secondary N) is 1. The van der Waals surface area contributed by atoms with Crippen LogP contribution >= 0.6 is 11.6 Å². The Kier molecular flexibility index (Phi) is 5.96. The smallest absolute Gasteiger partial charge is 0.271 e. The van der Waals surface area contributed by atoms with Gasteiger partial charge in [-0.15, -0.1) is 0 Å². The molecule has 1 amide bonds. The van der Waals surface area contributed by atoms with E-state index in [1.807, 2.05) is 25.8 Å². The van der Waals surface area contributed by atoms with Gasteiger partial charge in [0, 0.05) is 38.2 Å². The zero-order valence-electron chi connectivity index (χ0n) is 12.6. The maximum atomic E-state index is 11.5. The number of aryl methyl sites for hydroxylation is 1. The van der Waals surface area contributed by atoms with Crippen LogP contribution in [0.5, 0.6) is 0 Å². The number of rotatable bonds is 6. The van der Waals surface area contributed by atoms with Gasteiger partial charge in [-0.3, -0.25) is 14.9 Å². The first kappa shape index (κ1) is 17.2. The van der Waals surface area contributed by atoms with Crippen LogP contribution in [0, 0.1) is 23.0 Å². The number of amides is 1. The van der Waals surface area contributed by atoms with Gasteiger partial charge in [0.25, 0.3) is 5.69 Å². The number of benzene rings is 1. The number of nitrogens with zero attached hydrogens (tertiary/aromatic N) is 2. The lowest BCUT2D eigenvalue weighted by Gasteiger charge is -2.23.